The second kappa shape index (κ2) is 19.5. The van der Waals surface area contributed by atoms with Gasteiger partial charge in [-0.3, -0.25) is 28.8 Å². The summed E-state index contributed by atoms with van der Waals surface area (Å²) in [4.78, 5) is 73.2. The average molecular weight is 1380 g/mol. The van der Waals surface area contributed by atoms with Gasteiger partial charge in [0.05, 0.1) is 47.9 Å². The number of rotatable bonds is 14. The SMILES string of the molecule is O=C(CCSCSCCC(=O)Nc1c(I)c(C(=O)Cl)c(I)c(C(=O)Cl)c1I)Nc1c(I)c(C(=O)Cl)c(I)c(C(=O)Cl)c1I. The zero-order valence-electron chi connectivity index (χ0n) is 20.6. The molecule has 0 spiro atoms. The summed E-state index contributed by atoms with van der Waals surface area (Å²) in [6.07, 6.45) is 0.316. The van der Waals surface area contributed by atoms with Crippen molar-refractivity contribution in [2.75, 3.05) is 27.2 Å². The molecule has 0 aliphatic carbocycles. The van der Waals surface area contributed by atoms with Crippen LogP contribution in [0, 0.1) is 21.4 Å². The monoisotopic (exact) mass is 1380 g/mol. The molecule has 0 aromatic heterocycles. The molecule has 2 aromatic rings. The predicted molar refractivity (Wildman–Crippen MR) is 226 cm³/mol. The van der Waals surface area contributed by atoms with E-state index in [0.717, 1.165) is 0 Å². The summed E-state index contributed by atoms with van der Waals surface area (Å²) in [5.41, 5.74) is 1.00. The van der Waals surface area contributed by atoms with Gasteiger partial charge in [-0.05, 0) is 182 Å². The number of nitrogens with one attached hydrogen (secondary N) is 2. The molecular weight excluding hydrogens is 1370 g/mol. The average Bonchev–Trinajstić information content (AvgIpc) is 2.87. The van der Waals surface area contributed by atoms with Crippen LogP contribution in [-0.4, -0.2) is 49.4 Å². The Balaban J connectivity index is 1.91. The van der Waals surface area contributed by atoms with Gasteiger partial charge < -0.3 is 10.6 Å². The maximum absolute atomic E-state index is 12.6. The Morgan fingerprint density at radius 2 is 0.744 bits per heavy atom. The highest BCUT2D eigenvalue weighted by atomic mass is 127. The number of hydrogen-bond donors (Lipinski definition) is 2. The summed E-state index contributed by atoms with van der Waals surface area (Å²) < 4.78 is 2.28. The largest absolute Gasteiger partial charge is 0.324 e. The molecule has 8 nitrogen and oxygen atoms in total. The number of carbonyl (C=O) groups excluding carboxylic acids is 6. The number of thioether (sulfide) groups is 2. The summed E-state index contributed by atoms with van der Waals surface area (Å²) in [6.45, 7) is 0. The molecule has 2 aromatic carbocycles. The Labute approximate surface area is 356 Å². The minimum absolute atomic E-state index is 0.102. The summed E-state index contributed by atoms with van der Waals surface area (Å²) in [5, 5.41) is 3.05. The van der Waals surface area contributed by atoms with E-state index in [9.17, 15) is 28.8 Å². The lowest BCUT2D eigenvalue weighted by atomic mass is 10.1. The van der Waals surface area contributed by atoms with Crippen molar-refractivity contribution in [2.24, 2.45) is 0 Å². The predicted octanol–water partition coefficient (Wildman–Crippen LogP) is 9.61. The molecule has 0 fully saturated rings. The van der Waals surface area contributed by atoms with Crippen molar-refractivity contribution < 1.29 is 28.8 Å². The molecule has 0 atom stereocenters. The van der Waals surface area contributed by atoms with Crippen LogP contribution in [0.2, 0.25) is 0 Å². The van der Waals surface area contributed by atoms with Crippen molar-refractivity contribution in [1.82, 2.24) is 0 Å². The molecule has 2 N–H and O–H groups in total. The smallest absolute Gasteiger partial charge is 0.254 e. The molecule has 0 saturated heterocycles. The van der Waals surface area contributed by atoms with Gasteiger partial charge in [-0.2, -0.15) is 23.5 Å². The molecule has 20 heteroatoms. The topological polar surface area (TPSA) is 126 Å². The molecule has 2 amide bonds. The number of hydrogen-bond acceptors (Lipinski definition) is 8. The first kappa shape index (κ1) is 41.5. The van der Waals surface area contributed by atoms with E-state index < -0.39 is 21.0 Å². The Kier molecular flexibility index (Phi) is 18.8. The van der Waals surface area contributed by atoms with Crippen molar-refractivity contribution in [1.29, 1.82) is 0 Å². The van der Waals surface area contributed by atoms with E-state index in [-0.39, 0.29) is 46.9 Å². The Hall–Kier alpha value is 2.30. The number of anilines is 2. The van der Waals surface area contributed by atoms with E-state index in [4.69, 9.17) is 46.4 Å². The first-order valence-corrected chi connectivity index (χ1v) is 21.3. The van der Waals surface area contributed by atoms with Crippen molar-refractivity contribution >= 4 is 250 Å². The molecule has 0 saturated carbocycles. The molecule has 2 rings (SSSR count). The highest BCUT2D eigenvalue weighted by molar-refractivity contribution is 14.1. The van der Waals surface area contributed by atoms with Crippen LogP contribution in [0.3, 0.4) is 0 Å². The molecule has 0 heterocycles. The van der Waals surface area contributed by atoms with Crippen LogP contribution in [0.1, 0.15) is 54.3 Å². The van der Waals surface area contributed by atoms with E-state index in [2.05, 4.69) is 10.6 Å². The summed E-state index contributed by atoms with van der Waals surface area (Å²) >= 11 is 37.2. The normalized spacial score (nSPS) is 10.8. The molecule has 0 unspecified atom stereocenters. The zero-order valence-corrected chi connectivity index (χ0v) is 38.2. The minimum atomic E-state index is -0.769. The van der Waals surface area contributed by atoms with Gasteiger partial charge in [0.1, 0.15) is 0 Å². The lowest BCUT2D eigenvalue weighted by Crippen LogP contribution is -2.18. The Bertz CT molecular complexity index is 1360. The van der Waals surface area contributed by atoms with E-state index in [0.29, 0.717) is 49.4 Å². The quantitative estimate of drug-likeness (QED) is 0.0830. The maximum atomic E-state index is 12.6. The van der Waals surface area contributed by atoms with Gasteiger partial charge in [0, 0.05) is 36.6 Å². The van der Waals surface area contributed by atoms with Crippen LogP contribution in [-0.2, 0) is 9.59 Å². The number of benzene rings is 2. The molecule has 0 radical (unpaired) electrons. The third kappa shape index (κ3) is 11.2. The van der Waals surface area contributed by atoms with Crippen LogP contribution in [0.4, 0.5) is 11.4 Å². The van der Waals surface area contributed by atoms with Crippen molar-refractivity contribution in [2.45, 2.75) is 12.8 Å². The van der Waals surface area contributed by atoms with Gasteiger partial charge in [-0.15, -0.1) is 0 Å². The van der Waals surface area contributed by atoms with Crippen molar-refractivity contribution in [3.63, 3.8) is 0 Å². The van der Waals surface area contributed by atoms with Crippen LogP contribution < -0.4 is 10.6 Å². The molecular formula is C23H12Cl4I6N2O6S2. The van der Waals surface area contributed by atoms with E-state index >= 15 is 0 Å². The number of carbonyl (C=O) groups is 6. The second-order valence-electron chi connectivity index (χ2n) is 7.76. The first-order valence-electron chi connectivity index (χ1n) is 11.0. The third-order valence-corrected chi connectivity index (χ3v) is 14.6. The highest BCUT2D eigenvalue weighted by Crippen LogP contribution is 2.38. The number of amides is 2. The Morgan fingerprint density at radius 3 is 0.977 bits per heavy atom. The fourth-order valence-electron chi connectivity index (χ4n) is 3.15. The zero-order chi connectivity index (χ0) is 32.8. The van der Waals surface area contributed by atoms with Crippen molar-refractivity contribution in [3.8, 4) is 0 Å². The molecule has 43 heavy (non-hydrogen) atoms. The van der Waals surface area contributed by atoms with Crippen molar-refractivity contribution in [3.05, 3.63) is 43.7 Å². The van der Waals surface area contributed by atoms with Crippen LogP contribution >= 0.6 is 205 Å². The fourth-order valence-corrected chi connectivity index (χ4v) is 16.1. The molecule has 0 bridgehead atoms. The Morgan fingerprint density at radius 1 is 0.488 bits per heavy atom. The van der Waals surface area contributed by atoms with Gasteiger partial charge in [0.2, 0.25) is 11.8 Å². The lowest BCUT2D eigenvalue weighted by Gasteiger charge is -2.17. The standard InChI is InChI=1S/C23H12Cl4I6N2O6S2/c24-20(38)8-12(28)9(21(25)39)15(31)18(14(8)30)34-6(36)1-3-42-5-43-4-2-7(37)35-19-16(32)10(22(26)40)13(29)11(17(19)33)23(27)41/h1-5H2,(H,34,36)(H,35,37). The van der Waals surface area contributed by atoms with E-state index in [1.54, 1.807) is 0 Å². The van der Waals surface area contributed by atoms with Gasteiger partial charge in [0.25, 0.3) is 21.0 Å². The summed E-state index contributed by atoms with van der Waals surface area (Å²) in [5.74, 6) is 0.325. The molecule has 0 aliphatic rings. The van der Waals surface area contributed by atoms with Gasteiger partial charge in [0.15, 0.2) is 0 Å². The maximum Gasteiger partial charge on any atom is 0.254 e. The minimum Gasteiger partial charge on any atom is -0.324 e. The summed E-state index contributed by atoms with van der Waals surface area (Å²) in [7, 11) is 0. The van der Waals surface area contributed by atoms with E-state index in [1.165, 1.54) is 23.5 Å². The molecule has 232 valence electrons. The highest BCUT2D eigenvalue weighted by Gasteiger charge is 2.28. The van der Waals surface area contributed by atoms with Crippen LogP contribution in [0.25, 0.3) is 0 Å². The molecule has 0 aliphatic heterocycles. The summed E-state index contributed by atoms with van der Waals surface area (Å²) in [6, 6.07) is 0. The fraction of sp³-hybridized carbons (Fsp3) is 0.217. The first-order chi connectivity index (χ1) is 20.0. The van der Waals surface area contributed by atoms with Crippen LogP contribution in [0.5, 0.6) is 0 Å². The van der Waals surface area contributed by atoms with Gasteiger partial charge in [-0.25, -0.2) is 0 Å². The van der Waals surface area contributed by atoms with Gasteiger partial charge in [-0.1, -0.05) is 0 Å². The third-order valence-electron chi connectivity index (χ3n) is 5.06. The number of halogens is 10. The second-order valence-corrected chi connectivity index (χ2v) is 18.2. The lowest BCUT2D eigenvalue weighted by molar-refractivity contribution is -0.116. The van der Waals surface area contributed by atoms with E-state index in [1.807, 2.05) is 136 Å². The van der Waals surface area contributed by atoms with Gasteiger partial charge >= 0.3 is 0 Å². The van der Waals surface area contributed by atoms with Crippen LogP contribution in [0.15, 0.2) is 0 Å².